The molecule has 1 N–H and O–H groups in total. The largest absolute Gasteiger partial charge is 0.497 e. The van der Waals surface area contributed by atoms with Gasteiger partial charge >= 0.3 is 0 Å². The van der Waals surface area contributed by atoms with Crippen LogP contribution in [0.3, 0.4) is 0 Å². The number of methoxy groups -OCH3 is 1. The van der Waals surface area contributed by atoms with E-state index in [1.165, 1.54) is 6.20 Å². The Morgan fingerprint density at radius 3 is 2.58 bits per heavy atom. The van der Waals surface area contributed by atoms with E-state index in [9.17, 15) is 4.79 Å². The van der Waals surface area contributed by atoms with Gasteiger partial charge in [-0.1, -0.05) is 23.7 Å². The van der Waals surface area contributed by atoms with Gasteiger partial charge in [-0.25, -0.2) is 4.98 Å². The number of carbonyl (C=O) groups is 1. The molecule has 1 aromatic heterocycles. The van der Waals surface area contributed by atoms with Crippen molar-refractivity contribution in [3.63, 3.8) is 0 Å². The fraction of sp³-hybridized carbons (Fsp3) is 0.143. The number of benzene rings is 1. The molecule has 4 nitrogen and oxygen atoms in total. The Bertz CT molecular complexity index is 553. The van der Waals surface area contributed by atoms with Crippen molar-refractivity contribution >= 4 is 23.2 Å². The lowest BCUT2D eigenvalue weighted by Gasteiger charge is -2.05. The lowest BCUT2D eigenvalue weighted by atomic mass is 10.1. The van der Waals surface area contributed by atoms with Gasteiger partial charge in [-0.3, -0.25) is 4.79 Å². The van der Waals surface area contributed by atoms with Gasteiger partial charge in [0.2, 0.25) is 5.91 Å². The first-order chi connectivity index (χ1) is 9.17. The molecule has 5 heteroatoms. The lowest BCUT2D eigenvalue weighted by molar-refractivity contribution is -0.115. The number of hydrogen-bond donors (Lipinski definition) is 1. The molecule has 0 unspecified atom stereocenters. The number of pyridine rings is 1. The molecule has 0 aliphatic rings. The molecule has 1 heterocycles. The third-order valence-corrected chi connectivity index (χ3v) is 2.76. The SMILES string of the molecule is COc1ccc(CC(=O)Nc2ccc(Cl)nc2)cc1. The summed E-state index contributed by atoms with van der Waals surface area (Å²) in [7, 11) is 1.61. The first kappa shape index (κ1) is 13.4. The number of nitrogens with zero attached hydrogens (tertiary/aromatic N) is 1. The average Bonchev–Trinajstić information content (AvgIpc) is 2.42. The van der Waals surface area contributed by atoms with Crippen LogP contribution in [-0.2, 0) is 11.2 Å². The second-order valence-electron chi connectivity index (χ2n) is 3.94. The zero-order chi connectivity index (χ0) is 13.7. The van der Waals surface area contributed by atoms with Gasteiger partial charge in [-0.2, -0.15) is 0 Å². The van der Waals surface area contributed by atoms with Crippen LogP contribution in [0, 0.1) is 0 Å². The van der Waals surface area contributed by atoms with Crippen LogP contribution in [0.5, 0.6) is 5.75 Å². The lowest BCUT2D eigenvalue weighted by Crippen LogP contribution is -2.14. The van der Waals surface area contributed by atoms with Gasteiger partial charge in [0.15, 0.2) is 0 Å². The van der Waals surface area contributed by atoms with Crippen molar-refractivity contribution in [3.8, 4) is 5.75 Å². The Kier molecular flexibility index (Phi) is 4.36. The molecule has 2 rings (SSSR count). The van der Waals surface area contributed by atoms with Gasteiger partial charge in [0, 0.05) is 0 Å². The minimum Gasteiger partial charge on any atom is -0.497 e. The highest BCUT2D eigenvalue weighted by Crippen LogP contribution is 2.13. The molecule has 19 heavy (non-hydrogen) atoms. The van der Waals surface area contributed by atoms with E-state index >= 15 is 0 Å². The third kappa shape index (κ3) is 3.96. The smallest absolute Gasteiger partial charge is 0.228 e. The summed E-state index contributed by atoms with van der Waals surface area (Å²) in [6.45, 7) is 0. The number of nitrogens with one attached hydrogen (secondary N) is 1. The van der Waals surface area contributed by atoms with Gasteiger partial charge in [0.25, 0.3) is 0 Å². The highest BCUT2D eigenvalue weighted by molar-refractivity contribution is 6.29. The fourth-order valence-electron chi connectivity index (χ4n) is 1.58. The van der Waals surface area contributed by atoms with E-state index in [1.807, 2.05) is 24.3 Å². The Hall–Kier alpha value is -2.07. The van der Waals surface area contributed by atoms with Crippen LogP contribution >= 0.6 is 11.6 Å². The molecular formula is C14H13ClN2O2. The molecule has 0 aliphatic carbocycles. The zero-order valence-corrected chi connectivity index (χ0v) is 11.1. The normalized spacial score (nSPS) is 10.0. The molecule has 2 aromatic rings. The summed E-state index contributed by atoms with van der Waals surface area (Å²) >= 11 is 5.67. The number of halogens is 1. The number of ether oxygens (including phenoxy) is 1. The summed E-state index contributed by atoms with van der Waals surface area (Å²) in [4.78, 5) is 15.7. The van der Waals surface area contributed by atoms with Crippen LogP contribution in [0.15, 0.2) is 42.6 Å². The van der Waals surface area contributed by atoms with Crippen molar-refractivity contribution in [2.45, 2.75) is 6.42 Å². The van der Waals surface area contributed by atoms with Gasteiger partial charge < -0.3 is 10.1 Å². The molecule has 98 valence electrons. The Morgan fingerprint density at radius 2 is 2.00 bits per heavy atom. The zero-order valence-electron chi connectivity index (χ0n) is 10.4. The molecular weight excluding hydrogens is 264 g/mol. The van der Waals surface area contributed by atoms with E-state index in [-0.39, 0.29) is 5.91 Å². The van der Waals surface area contributed by atoms with E-state index in [4.69, 9.17) is 16.3 Å². The van der Waals surface area contributed by atoms with E-state index in [0.717, 1.165) is 11.3 Å². The number of amides is 1. The van der Waals surface area contributed by atoms with Crippen LogP contribution in [0.1, 0.15) is 5.56 Å². The van der Waals surface area contributed by atoms with Crippen molar-refractivity contribution in [3.05, 3.63) is 53.3 Å². The second-order valence-corrected chi connectivity index (χ2v) is 4.33. The molecule has 1 amide bonds. The molecule has 0 fully saturated rings. The highest BCUT2D eigenvalue weighted by atomic mass is 35.5. The summed E-state index contributed by atoms with van der Waals surface area (Å²) in [5, 5.41) is 3.15. The van der Waals surface area contributed by atoms with E-state index < -0.39 is 0 Å². The molecule has 0 aliphatic heterocycles. The second kappa shape index (κ2) is 6.20. The number of aromatic nitrogens is 1. The topological polar surface area (TPSA) is 51.2 Å². The van der Waals surface area contributed by atoms with Crippen LogP contribution < -0.4 is 10.1 Å². The Labute approximate surface area is 116 Å². The van der Waals surface area contributed by atoms with Crippen molar-refractivity contribution in [1.82, 2.24) is 4.98 Å². The van der Waals surface area contributed by atoms with Crippen LogP contribution in [0.25, 0.3) is 0 Å². The standard InChI is InChI=1S/C14H13ClN2O2/c1-19-12-5-2-10(3-6-12)8-14(18)17-11-4-7-13(15)16-9-11/h2-7,9H,8H2,1H3,(H,17,18). The van der Waals surface area contributed by atoms with Gasteiger partial charge in [-0.05, 0) is 29.8 Å². The number of carbonyl (C=O) groups excluding carboxylic acids is 1. The third-order valence-electron chi connectivity index (χ3n) is 2.53. The summed E-state index contributed by atoms with van der Waals surface area (Å²) in [5.41, 5.74) is 1.54. The minimum atomic E-state index is -0.103. The molecule has 1 aromatic carbocycles. The maximum Gasteiger partial charge on any atom is 0.228 e. The quantitative estimate of drug-likeness (QED) is 0.874. The van der Waals surface area contributed by atoms with Gasteiger partial charge in [-0.15, -0.1) is 0 Å². The predicted molar refractivity (Wildman–Crippen MR) is 74.6 cm³/mol. The van der Waals surface area contributed by atoms with Gasteiger partial charge in [0.05, 0.1) is 25.4 Å². The van der Waals surface area contributed by atoms with Gasteiger partial charge in [0.1, 0.15) is 10.9 Å². The molecule has 0 saturated heterocycles. The molecule has 0 atom stereocenters. The van der Waals surface area contributed by atoms with Crippen molar-refractivity contribution in [1.29, 1.82) is 0 Å². The molecule has 0 saturated carbocycles. The van der Waals surface area contributed by atoms with Crippen LogP contribution in [-0.4, -0.2) is 18.0 Å². The van der Waals surface area contributed by atoms with Crippen molar-refractivity contribution in [2.75, 3.05) is 12.4 Å². The summed E-state index contributed by atoms with van der Waals surface area (Å²) in [6, 6.07) is 10.7. The molecule has 0 spiro atoms. The fourth-order valence-corrected chi connectivity index (χ4v) is 1.70. The first-order valence-electron chi connectivity index (χ1n) is 5.72. The summed E-state index contributed by atoms with van der Waals surface area (Å²) in [5.74, 6) is 0.667. The minimum absolute atomic E-state index is 0.103. The predicted octanol–water partition coefficient (Wildman–Crippen LogP) is 2.92. The van der Waals surface area contributed by atoms with Crippen molar-refractivity contribution < 1.29 is 9.53 Å². The van der Waals surface area contributed by atoms with E-state index in [2.05, 4.69) is 10.3 Å². The van der Waals surface area contributed by atoms with Crippen LogP contribution in [0.4, 0.5) is 5.69 Å². The maximum atomic E-state index is 11.8. The average molecular weight is 277 g/mol. The first-order valence-corrected chi connectivity index (χ1v) is 6.09. The van der Waals surface area contributed by atoms with E-state index in [0.29, 0.717) is 17.3 Å². The number of rotatable bonds is 4. The van der Waals surface area contributed by atoms with Crippen LogP contribution in [0.2, 0.25) is 5.15 Å². The Morgan fingerprint density at radius 1 is 1.26 bits per heavy atom. The number of hydrogen-bond acceptors (Lipinski definition) is 3. The maximum absolute atomic E-state index is 11.8. The summed E-state index contributed by atoms with van der Waals surface area (Å²) in [6.07, 6.45) is 1.82. The van der Waals surface area contributed by atoms with E-state index in [1.54, 1.807) is 19.2 Å². The van der Waals surface area contributed by atoms with Crippen molar-refractivity contribution in [2.24, 2.45) is 0 Å². The Balaban J connectivity index is 1.95. The monoisotopic (exact) mass is 276 g/mol. The highest BCUT2D eigenvalue weighted by Gasteiger charge is 2.04. The molecule has 0 radical (unpaired) electrons. The molecule has 0 bridgehead atoms. The summed E-state index contributed by atoms with van der Waals surface area (Å²) < 4.78 is 5.06. The number of anilines is 1.